The van der Waals surface area contributed by atoms with Gasteiger partial charge < -0.3 is 15.4 Å². The summed E-state index contributed by atoms with van der Waals surface area (Å²) in [5, 5.41) is 5.62. The highest BCUT2D eigenvalue weighted by molar-refractivity contribution is 6.06. The third-order valence-corrected chi connectivity index (χ3v) is 4.67. The summed E-state index contributed by atoms with van der Waals surface area (Å²) in [6.45, 7) is 0.458. The second-order valence-corrected chi connectivity index (χ2v) is 6.36. The van der Waals surface area contributed by atoms with E-state index in [2.05, 4.69) is 10.6 Å². The van der Waals surface area contributed by atoms with E-state index in [1.807, 2.05) is 24.3 Å². The van der Waals surface area contributed by atoms with Gasteiger partial charge in [0, 0.05) is 30.7 Å². The van der Waals surface area contributed by atoms with E-state index in [1.165, 1.54) is 0 Å². The number of Topliss-reactive ketones (excluding diaryl/α,β-unsaturated/α-hetero) is 1. The van der Waals surface area contributed by atoms with Crippen molar-refractivity contribution in [1.82, 2.24) is 10.6 Å². The molecule has 2 aliphatic rings. The van der Waals surface area contributed by atoms with Crippen LogP contribution < -0.4 is 15.4 Å². The monoisotopic (exact) mass is 342 g/mol. The Morgan fingerprint density at radius 1 is 1.24 bits per heavy atom. The number of ether oxygens (including phenoxy) is 1. The highest BCUT2D eigenvalue weighted by atomic mass is 16.5. The van der Waals surface area contributed by atoms with Crippen LogP contribution in [0.3, 0.4) is 0 Å². The third kappa shape index (κ3) is 3.90. The summed E-state index contributed by atoms with van der Waals surface area (Å²) in [6.07, 6.45) is 2.55. The van der Waals surface area contributed by atoms with Crippen LogP contribution in [0.2, 0.25) is 0 Å². The fourth-order valence-electron chi connectivity index (χ4n) is 3.37. The maximum Gasteiger partial charge on any atom is 0.228 e. The largest absolute Gasteiger partial charge is 0.497 e. The van der Waals surface area contributed by atoms with Gasteiger partial charge in [0.25, 0.3) is 0 Å². The van der Waals surface area contributed by atoms with Crippen LogP contribution in [0.1, 0.15) is 31.2 Å². The summed E-state index contributed by atoms with van der Waals surface area (Å²) >= 11 is 0. The summed E-state index contributed by atoms with van der Waals surface area (Å²) in [6, 6.07) is 7.65. The van der Waals surface area contributed by atoms with Crippen LogP contribution in [0.4, 0.5) is 0 Å². The van der Waals surface area contributed by atoms with Crippen LogP contribution in [0.25, 0.3) is 0 Å². The number of nitrogens with one attached hydrogen (secondary N) is 2. The molecule has 2 amide bonds. The number of methoxy groups -OCH3 is 1. The SMILES string of the molecule is COc1ccc(CCNC(=O)[C@@H]2CC(=O)NC3=C2C(=O)CCC3)cc1. The molecule has 25 heavy (non-hydrogen) atoms. The molecule has 1 aliphatic carbocycles. The number of hydrogen-bond donors (Lipinski definition) is 2. The maximum absolute atomic E-state index is 12.5. The zero-order valence-electron chi connectivity index (χ0n) is 14.3. The molecule has 0 unspecified atom stereocenters. The van der Waals surface area contributed by atoms with E-state index >= 15 is 0 Å². The molecule has 1 aromatic rings. The van der Waals surface area contributed by atoms with Crippen LogP contribution in [-0.4, -0.2) is 31.3 Å². The first kappa shape index (κ1) is 17.2. The molecule has 0 fully saturated rings. The topological polar surface area (TPSA) is 84.5 Å². The predicted octanol–water partition coefficient (Wildman–Crippen LogP) is 1.50. The van der Waals surface area contributed by atoms with Crippen molar-refractivity contribution in [2.24, 2.45) is 5.92 Å². The van der Waals surface area contributed by atoms with Crippen molar-refractivity contribution < 1.29 is 19.1 Å². The molecule has 0 saturated carbocycles. The lowest BCUT2D eigenvalue weighted by Gasteiger charge is -2.30. The minimum Gasteiger partial charge on any atom is -0.497 e. The molecule has 6 heteroatoms. The van der Waals surface area contributed by atoms with Gasteiger partial charge in [-0.15, -0.1) is 0 Å². The van der Waals surface area contributed by atoms with Gasteiger partial charge >= 0.3 is 0 Å². The lowest BCUT2D eigenvalue weighted by molar-refractivity contribution is -0.131. The molecule has 132 valence electrons. The van der Waals surface area contributed by atoms with Gasteiger partial charge in [0.1, 0.15) is 5.75 Å². The zero-order valence-corrected chi connectivity index (χ0v) is 14.3. The number of rotatable bonds is 5. The van der Waals surface area contributed by atoms with Crippen molar-refractivity contribution in [2.75, 3.05) is 13.7 Å². The molecule has 0 saturated heterocycles. The van der Waals surface area contributed by atoms with Gasteiger partial charge in [-0.2, -0.15) is 0 Å². The molecule has 0 spiro atoms. The van der Waals surface area contributed by atoms with Crippen LogP contribution >= 0.6 is 0 Å². The zero-order chi connectivity index (χ0) is 17.8. The second kappa shape index (κ2) is 7.51. The van der Waals surface area contributed by atoms with Crippen molar-refractivity contribution in [3.05, 3.63) is 41.1 Å². The van der Waals surface area contributed by atoms with E-state index < -0.39 is 5.92 Å². The van der Waals surface area contributed by atoms with E-state index in [0.717, 1.165) is 17.7 Å². The summed E-state index contributed by atoms with van der Waals surface area (Å²) in [4.78, 5) is 36.6. The molecule has 2 N–H and O–H groups in total. The first-order chi connectivity index (χ1) is 12.1. The number of benzene rings is 1. The normalized spacial score (nSPS) is 20.0. The van der Waals surface area contributed by atoms with Gasteiger partial charge in [0.2, 0.25) is 11.8 Å². The van der Waals surface area contributed by atoms with Crippen LogP contribution in [0, 0.1) is 5.92 Å². The van der Waals surface area contributed by atoms with Crippen molar-refractivity contribution >= 4 is 17.6 Å². The fraction of sp³-hybridized carbons (Fsp3) is 0.421. The lowest BCUT2D eigenvalue weighted by atomic mass is 9.81. The minimum absolute atomic E-state index is 0.0171. The standard InChI is InChI=1S/C19H22N2O4/c1-25-13-7-5-12(6-8-13)9-10-20-19(24)14-11-17(23)21-15-3-2-4-16(22)18(14)15/h5-8,14H,2-4,9-11H2,1H3,(H,20,24)(H,21,23)/t14-/m1/s1. The average molecular weight is 342 g/mol. The quantitative estimate of drug-likeness (QED) is 0.849. The minimum atomic E-state index is -0.660. The Morgan fingerprint density at radius 3 is 2.72 bits per heavy atom. The van der Waals surface area contributed by atoms with E-state index in [4.69, 9.17) is 4.74 Å². The first-order valence-electron chi connectivity index (χ1n) is 8.55. The maximum atomic E-state index is 12.5. The summed E-state index contributed by atoms with van der Waals surface area (Å²) < 4.78 is 5.12. The molecular formula is C19H22N2O4. The Morgan fingerprint density at radius 2 is 2.00 bits per heavy atom. The Bertz CT molecular complexity index is 721. The van der Waals surface area contributed by atoms with Crippen LogP contribution in [0.15, 0.2) is 35.5 Å². The van der Waals surface area contributed by atoms with Crippen molar-refractivity contribution in [3.63, 3.8) is 0 Å². The lowest BCUT2D eigenvalue weighted by Crippen LogP contribution is -2.44. The van der Waals surface area contributed by atoms with Crippen molar-refractivity contribution in [1.29, 1.82) is 0 Å². The molecular weight excluding hydrogens is 320 g/mol. The number of carbonyl (C=O) groups is 3. The van der Waals surface area contributed by atoms with Crippen molar-refractivity contribution in [2.45, 2.75) is 32.1 Å². The number of hydrogen-bond acceptors (Lipinski definition) is 4. The van der Waals surface area contributed by atoms with E-state index in [9.17, 15) is 14.4 Å². The van der Waals surface area contributed by atoms with E-state index in [0.29, 0.717) is 37.1 Å². The van der Waals surface area contributed by atoms with Crippen molar-refractivity contribution in [3.8, 4) is 5.75 Å². The van der Waals surface area contributed by atoms with E-state index in [-0.39, 0.29) is 24.0 Å². The van der Waals surface area contributed by atoms with Crippen LogP contribution in [-0.2, 0) is 20.8 Å². The van der Waals surface area contributed by atoms with Gasteiger partial charge in [0.05, 0.1) is 13.0 Å². The van der Waals surface area contributed by atoms with Gasteiger partial charge in [0.15, 0.2) is 5.78 Å². The summed E-state index contributed by atoms with van der Waals surface area (Å²) in [7, 11) is 1.62. The molecule has 0 bridgehead atoms. The number of allylic oxidation sites excluding steroid dienone is 1. The third-order valence-electron chi connectivity index (χ3n) is 4.67. The molecule has 0 radical (unpaired) electrons. The molecule has 0 aromatic heterocycles. The smallest absolute Gasteiger partial charge is 0.228 e. The highest BCUT2D eigenvalue weighted by Gasteiger charge is 2.37. The molecule has 3 rings (SSSR count). The summed E-state index contributed by atoms with van der Waals surface area (Å²) in [5.74, 6) is -0.324. The molecule has 1 heterocycles. The Kier molecular flexibility index (Phi) is 5.16. The summed E-state index contributed by atoms with van der Waals surface area (Å²) in [5.41, 5.74) is 2.23. The number of carbonyl (C=O) groups excluding carboxylic acids is 3. The molecule has 6 nitrogen and oxygen atoms in total. The molecule has 1 aromatic carbocycles. The van der Waals surface area contributed by atoms with Gasteiger partial charge in [-0.05, 0) is 37.0 Å². The van der Waals surface area contributed by atoms with Gasteiger partial charge in [-0.25, -0.2) is 0 Å². The van der Waals surface area contributed by atoms with Crippen LogP contribution in [0.5, 0.6) is 5.75 Å². The number of amides is 2. The van der Waals surface area contributed by atoms with Gasteiger partial charge in [-0.1, -0.05) is 12.1 Å². The Labute approximate surface area is 146 Å². The Hall–Kier alpha value is -2.63. The average Bonchev–Trinajstić information content (AvgIpc) is 2.61. The predicted molar refractivity (Wildman–Crippen MR) is 91.8 cm³/mol. The Balaban J connectivity index is 1.61. The molecule has 1 atom stereocenters. The fourth-order valence-corrected chi connectivity index (χ4v) is 3.37. The molecule has 1 aliphatic heterocycles. The first-order valence-corrected chi connectivity index (χ1v) is 8.55. The second-order valence-electron chi connectivity index (χ2n) is 6.36. The van der Waals surface area contributed by atoms with E-state index in [1.54, 1.807) is 7.11 Å². The van der Waals surface area contributed by atoms with Gasteiger partial charge in [-0.3, -0.25) is 14.4 Å². The number of ketones is 1. The highest BCUT2D eigenvalue weighted by Crippen LogP contribution is 2.31.